The Morgan fingerprint density at radius 1 is 1.40 bits per heavy atom. The molecule has 0 aliphatic rings. The van der Waals surface area contributed by atoms with Crippen molar-refractivity contribution >= 4 is 27.5 Å². The number of para-hydroxylation sites is 1. The highest BCUT2D eigenvalue weighted by Gasteiger charge is 2.21. The Labute approximate surface area is 117 Å². The molecule has 112 valence electrons. The van der Waals surface area contributed by atoms with E-state index in [2.05, 4.69) is 10.1 Å². The fourth-order valence-electron chi connectivity index (χ4n) is 1.46. The normalized spacial score (nSPS) is 11.3. The maximum absolute atomic E-state index is 12.1. The second-order valence-electron chi connectivity index (χ2n) is 4.10. The molecule has 0 saturated heterocycles. The zero-order valence-electron chi connectivity index (χ0n) is 11.3. The topological polar surface area (TPSA) is 128 Å². The summed E-state index contributed by atoms with van der Waals surface area (Å²) in [6, 6.07) is 4.63. The molecule has 0 radical (unpaired) electrons. The predicted octanol–water partition coefficient (Wildman–Crippen LogP) is 0.0263. The molecule has 0 spiro atoms. The van der Waals surface area contributed by atoms with E-state index >= 15 is 0 Å². The fourth-order valence-corrected chi connectivity index (χ4v) is 2.49. The van der Waals surface area contributed by atoms with Crippen molar-refractivity contribution in [2.24, 2.45) is 5.73 Å². The van der Waals surface area contributed by atoms with Gasteiger partial charge in [-0.1, -0.05) is 6.07 Å². The van der Waals surface area contributed by atoms with Gasteiger partial charge in [-0.2, -0.15) is 0 Å². The molecule has 1 aromatic carbocycles. The van der Waals surface area contributed by atoms with Crippen LogP contribution in [0.1, 0.15) is 0 Å². The van der Waals surface area contributed by atoms with Crippen molar-refractivity contribution in [1.82, 2.24) is 4.31 Å². The van der Waals surface area contributed by atoms with Gasteiger partial charge in [-0.15, -0.1) is 0 Å². The van der Waals surface area contributed by atoms with Crippen molar-refractivity contribution in [2.75, 3.05) is 38.3 Å². The minimum atomic E-state index is -3.61. The number of nitrogens with two attached hydrogens (primary N) is 2. The lowest BCUT2D eigenvalue weighted by Crippen LogP contribution is -2.24. The Hall–Kier alpha value is -2.00. The van der Waals surface area contributed by atoms with Gasteiger partial charge in [0.25, 0.3) is 0 Å². The summed E-state index contributed by atoms with van der Waals surface area (Å²) in [7, 11) is -0.759. The molecule has 1 aromatic rings. The smallest absolute Gasteiger partial charge is 0.404 e. The number of benzene rings is 1. The number of hydrogen-bond acceptors (Lipinski definition) is 6. The van der Waals surface area contributed by atoms with Crippen LogP contribution in [0.2, 0.25) is 0 Å². The van der Waals surface area contributed by atoms with Gasteiger partial charge in [0.1, 0.15) is 11.5 Å². The number of nitrogens with one attached hydrogen (secondary N) is 1. The first kappa shape index (κ1) is 16.1. The van der Waals surface area contributed by atoms with Crippen LogP contribution in [0.25, 0.3) is 0 Å². The molecule has 20 heavy (non-hydrogen) atoms. The fraction of sp³-hybridized carbons (Fsp3) is 0.364. The molecule has 1 rings (SSSR count). The van der Waals surface area contributed by atoms with E-state index in [0.29, 0.717) is 5.69 Å². The highest BCUT2D eigenvalue weighted by atomic mass is 32.2. The van der Waals surface area contributed by atoms with Crippen LogP contribution in [-0.2, 0) is 14.8 Å². The lowest BCUT2D eigenvalue weighted by molar-refractivity contribution is 0.161. The van der Waals surface area contributed by atoms with Crippen molar-refractivity contribution < 1.29 is 17.9 Å². The minimum Gasteiger partial charge on any atom is -0.448 e. The Morgan fingerprint density at radius 3 is 2.60 bits per heavy atom. The summed E-state index contributed by atoms with van der Waals surface area (Å²) in [4.78, 5) is 10.4. The zero-order valence-corrected chi connectivity index (χ0v) is 12.1. The summed E-state index contributed by atoms with van der Waals surface area (Å²) in [5, 5.41) is 2.88. The molecule has 0 unspecified atom stereocenters. The lowest BCUT2D eigenvalue weighted by Gasteiger charge is -2.16. The van der Waals surface area contributed by atoms with Crippen LogP contribution in [0.15, 0.2) is 23.1 Å². The summed E-state index contributed by atoms with van der Waals surface area (Å²) >= 11 is 0. The third kappa shape index (κ3) is 3.75. The van der Waals surface area contributed by atoms with Crippen molar-refractivity contribution in [3.63, 3.8) is 0 Å². The maximum Gasteiger partial charge on any atom is 0.404 e. The molecule has 0 aromatic heterocycles. The van der Waals surface area contributed by atoms with Gasteiger partial charge >= 0.3 is 6.09 Å². The molecular formula is C11H18N4O4S. The average molecular weight is 302 g/mol. The summed E-state index contributed by atoms with van der Waals surface area (Å²) in [5.74, 6) is 0. The SMILES string of the molecule is CN(C)S(=O)(=O)c1cccc(NCCOC(N)=O)c1N. The van der Waals surface area contributed by atoms with E-state index in [9.17, 15) is 13.2 Å². The van der Waals surface area contributed by atoms with Crippen molar-refractivity contribution in [3.8, 4) is 0 Å². The first-order chi connectivity index (χ1) is 9.26. The van der Waals surface area contributed by atoms with E-state index < -0.39 is 16.1 Å². The van der Waals surface area contributed by atoms with Crippen LogP contribution < -0.4 is 16.8 Å². The van der Waals surface area contributed by atoms with Crippen LogP contribution in [0.5, 0.6) is 0 Å². The first-order valence-electron chi connectivity index (χ1n) is 5.74. The van der Waals surface area contributed by atoms with Crippen molar-refractivity contribution in [3.05, 3.63) is 18.2 Å². The number of carbonyl (C=O) groups is 1. The number of carbonyl (C=O) groups excluding carboxylic acids is 1. The van der Waals surface area contributed by atoms with E-state index in [-0.39, 0.29) is 23.7 Å². The number of rotatable bonds is 6. The van der Waals surface area contributed by atoms with Crippen molar-refractivity contribution in [2.45, 2.75) is 4.90 Å². The van der Waals surface area contributed by atoms with Gasteiger partial charge in [0.15, 0.2) is 0 Å². The first-order valence-corrected chi connectivity index (χ1v) is 7.18. The van der Waals surface area contributed by atoms with Crippen molar-refractivity contribution in [1.29, 1.82) is 0 Å². The highest BCUT2D eigenvalue weighted by Crippen LogP contribution is 2.27. The molecule has 0 saturated carbocycles. The number of sulfonamides is 1. The summed E-state index contributed by atoms with van der Waals surface area (Å²) in [6.07, 6.45) is -0.872. The molecule has 5 N–H and O–H groups in total. The standard InChI is InChI=1S/C11H18N4O4S/c1-15(2)20(17,18)9-5-3-4-8(10(9)12)14-6-7-19-11(13)16/h3-5,14H,6-7,12H2,1-2H3,(H2,13,16). The summed E-state index contributed by atoms with van der Waals surface area (Å²) in [6.45, 7) is 0.317. The molecule has 0 atom stereocenters. The highest BCUT2D eigenvalue weighted by molar-refractivity contribution is 7.89. The Morgan fingerprint density at radius 2 is 2.05 bits per heavy atom. The Balaban J connectivity index is 2.88. The number of nitrogen functional groups attached to an aromatic ring is 1. The zero-order chi connectivity index (χ0) is 15.3. The van der Waals surface area contributed by atoms with Gasteiger partial charge in [-0.05, 0) is 12.1 Å². The second-order valence-corrected chi connectivity index (χ2v) is 6.22. The van der Waals surface area contributed by atoms with Gasteiger partial charge < -0.3 is 21.5 Å². The number of hydrogen-bond donors (Lipinski definition) is 3. The molecule has 0 fully saturated rings. The molecule has 0 aliphatic heterocycles. The Bertz CT molecular complexity index is 586. The molecule has 0 aliphatic carbocycles. The van der Waals surface area contributed by atoms with Crippen LogP contribution in [0.4, 0.5) is 16.2 Å². The van der Waals surface area contributed by atoms with Gasteiger partial charge in [-0.25, -0.2) is 17.5 Å². The van der Waals surface area contributed by atoms with E-state index in [1.165, 1.54) is 20.2 Å². The molecule has 0 heterocycles. The quantitative estimate of drug-likeness (QED) is 0.502. The monoisotopic (exact) mass is 302 g/mol. The van der Waals surface area contributed by atoms with Gasteiger partial charge in [-0.3, -0.25) is 0 Å². The second kappa shape index (κ2) is 6.44. The molecular weight excluding hydrogens is 284 g/mol. The van der Waals surface area contributed by atoms with E-state index in [1.54, 1.807) is 12.1 Å². The molecule has 9 heteroatoms. The number of anilines is 2. The molecule has 8 nitrogen and oxygen atoms in total. The van der Waals surface area contributed by atoms with Gasteiger partial charge in [0.2, 0.25) is 10.0 Å². The number of amides is 1. The maximum atomic E-state index is 12.1. The Kier molecular flexibility index (Phi) is 5.17. The van der Waals surface area contributed by atoms with Gasteiger partial charge in [0, 0.05) is 20.6 Å². The minimum absolute atomic E-state index is 0.0170. The van der Waals surface area contributed by atoms with E-state index in [4.69, 9.17) is 11.5 Å². The lowest BCUT2D eigenvalue weighted by atomic mass is 10.2. The largest absolute Gasteiger partial charge is 0.448 e. The van der Waals surface area contributed by atoms with Crippen LogP contribution in [-0.4, -0.2) is 46.1 Å². The number of primary amides is 1. The third-order valence-corrected chi connectivity index (χ3v) is 4.36. The van der Waals surface area contributed by atoms with E-state index in [1.807, 2.05) is 0 Å². The molecule has 1 amide bonds. The van der Waals surface area contributed by atoms with Crippen LogP contribution in [0.3, 0.4) is 0 Å². The third-order valence-electron chi connectivity index (χ3n) is 2.49. The van der Waals surface area contributed by atoms with Crippen LogP contribution >= 0.6 is 0 Å². The van der Waals surface area contributed by atoms with E-state index in [0.717, 1.165) is 4.31 Å². The van der Waals surface area contributed by atoms with Gasteiger partial charge in [0.05, 0.1) is 11.4 Å². The summed E-state index contributed by atoms with van der Waals surface area (Å²) in [5.41, 5.74) is 11.2. The number of nitrogens with zero attached hydrogens (tertiary/aromatic N) is 1. The number of ether oxygens (including phenoxy) is 1. The predicted molar refractivity (Wildman–Crippen MR) is 75.8 cm³/mol. The molecule has 0 bridgehead atoms. The van der Waals surface area contributed by atoms with Crippen LogP contribution in [0, 0.1) is 0 Å². The summed E-state index contributed by atoms with van der Waals surface area (Å²) < 4.78 is 29.7. The average Bonchev–Trinajstić information content (AvgIpc) is 2.35.